The Kier molecular flexibility index (Phi) is 4.57. The molecule has 4 heteroatoms. The number of hydrogen-bond donors (Lipinski definition) is 1. The predicted octanol–water partition coefficient (Wildman–Crippen LogP) is 2.18. The highest BCUT2D eigenvalue weighted by atomic mass is 16.5. The number of ether oxygens (including phenoxy) is 2. The Balaban J connectivity index is 2.30. The first kappa shape index (κ1) is 15.9. The van der Waals surface area contributed by atoms with Gasteiger partial charge in [0.15, 0.2) is 0 Å². The topological polar surface area (TPSA) is 55.8 Å². The van der Waals surface area contributed by atoms with Crippen molar-refractivity contribution in [1.82, 2.24) is 0 Å². The standard InChI is InChI=1S/C16H28O4/c1-9(2)14(18)13-12(19-5)8-11(17)10-6-7-16(3,4)20-15(10)13/h9-13,15,17H,6-8H2,1-5H3. The molecule has 0 spiro atoms. The van der Waals surface area contributed by atoms with Crippen LogP contribution in [0.1, 0.15) is 47.0 Å². The van der Waals surface area contributed by atoms with E-state index in [2.05, 4.69) is 13.8 Å². The Morgan fingerprint density at radius 1 is 1.40 bits per heavy atom. The zero-order valence-electron chi connectivity index (χ0n) is 13.3. The number of Topliss-reactive ketones (excluding diaryl/α,β-unsaturated/α-hetero) is 1. The second-order valence-corrected chi connectivity index (χ2v) is 7.20. The molecule has 1 aliphatic heterocycles. The first-order valence-electron chi connectivity index (χ1n) is 7.69. The van der Waals surface area contributed by atoms with Crippen LogP contribution in [0.5, 0.6) is 0 Å². The molecule has 1 saturated heterocycles. The van der Waals surface area contributed by atoms with Gasteiger partial charge in [-0.2, -0.15) is 0 Å². The fourth-order valence-electron chi connectivity index (χ4n) is 3.69. The molecule has 1 saturated carbocycles. The van der Waals surface area contributed by atoms with E-state index in [1.807, 2.05) is 13.8 Å². The van der Waals surface area contributed by atoms with E-state index in [9.17, 15) is 9.90 Å². The van der Waals surface area contributed by atoms with Gasteiger partial charge in [-0.1, -0.05) is 13.8 Å². The minimum Gasteiger partial charge on any atom is -0.393 e. The third kappa shape index (κ3) is 2.92. The Labute approximate surface area is 121 Å². The summed E-state index contributed by atoms with van der Waals surface area (Å²) in [4.78, 5) is 12.6. The fourth-order valence-corrected chi connectivity index (χ4v) is 3.69. The number of methoxy groups -OCH3 is 1. The monoisotopic (exact) mass is 284 g/mol. The van der Waals surface area contributed by atoms with Gasteiger partial charge in [-0.25, -0.2) is 0 Å². The summed E-state index contributed by atoms with van der Waals surface area (Å²) in [5.41, 5.74) is -0.230. The van der Waals surface area contributed by atoms with Crippen molar-refractivity contribution in [1.29, 1.82) is 0 Å². The van der Waals surface area contributed by atoms with Crippen molar-refractivity contribution in [3.05, 3.63) is 0 Å². The van der Waals surface area contributed by atoms with Crippen molar-refractivity contribution < 1.29 is 19.4 Å². The predicted molar refractivity (Wildman–Crippen MR) is 76.4 cm³/mol. The van der Waals surface area contributed by atoms with Crippen LogP contribution in [0.4, 0.5) is 0 Å². The molecule has 4 nitrogen and oxygen atoms in total. The number of aliphatic hydroxyl groups is 1. The average molecular weight is 284 g/mol. The number of ketones is 1. The van der Waals surface area contributed by atoms with Gasteiger partial charge >= 0.3 is 0 Å². The second-order valence-electron chi connectivity index (χ2n) is 7.20. The first-order valence-corrected chi connectivity index (χ1v) is 7.69. The second kappa shape index (κ2) is 5.74. The number of aliphatic hydroxyl groups excluding tert-OH is 1. The van der Waals surface area contributed by atoms with Crippen molar-refractivity contribution in [3.63, 3.8) is 0 Å². The molecule has 116 valence electrons. The lowest BCUT2D eigenvalue weighted by atomic mass is 9.67. The van der Waals surface area contributed by atoms with Crippen LogP contribution < -0.4 is 0 Å². The van der Waals surface area contributed by atoms with Crippen molar-refractivity contribution in [2.24, 2.45) is 17.8 Å². The van der Waals surface area contributed by atoms with Crippen molar-refractivity contribution >= 4 is 5.78 Å². The van der Waals surface area contributed by atoms with Crippen LogP contribution in [0.3, 0.4) is 0 Å². The Morgan fingerprint density at radius 2 is 2.05 bits per heavy atom. The Bertz CT molecular complexity index is 363. The summed E-state index contributed by atoms with van der Waals surface area (Å²) in [6.07, 6.45) is 1.47. The number of carbonyl (C=O) groups excluding carboxylic acids is 1. The molecule has 2 aliphatic rings. The smallest absolute Gasteiger partial charge is 0.143 e. The molecule has 0 amide bonds. The number of carbonyl (C=O) groups is 1. The van der Waals surface area contributed by atoms with Crippen LogP contribution in [-0.4, -0.2) is 41.9 Å². The first-order chi connectivity index (χ1) is 9.26. The molecule has 1 heterocycles. The summed E-state index contributed by atoms with van der Waals surface area (Å²) in [7, 11) is 1.62. The maximum absolute atomic E-state index is 12.6. The van der Waals surface area contributed by atoms with Crippen LogP contribution in [0, 0.1) is 17.8 Å². The molecule has 0 aromatic heterocycles. The lowest BCUT2D eigenvalue weighted by molar-refractivity contribution is -0.217. The van der Waals surface area contributed by atoms with E-state index < -0.39 is 6.10 Å². The van der Waals surface area contributed by atoms with Crippen molar-refractivity contribution in [3.8, 4) is 0 Å². The van der Waals surface area contributed by atoms with Gasteiger partial charge in [0, 0.05) is 25.4 Å². The quantitative estimate of drug-likeness (QED) is 0.863. The van der Waals surface area contributed by atoms with Crippen LogP contribution in [0.25, 0.3) is 0 Å². The minimum atomic E-state index is -0.433. The number of fused-ring (bicyclic) bond motifs is 1. The minimum absolute atomic E-state index is 0.0396. The van der Waals surface area contributed by atoms with Crippen LogP contribution in [0.15, 0.2) is 0 Å². The molecule has 0 bridgehead atoms. The summed E-state index contributed by atoms with van der Waals surface area (Å²) >= 11 is 0. The van der Waals surface area contributed by atoms with Gasteiger partial charge in [-0.15, -0.1) is 0 Å². The van der Waals surface area contributed by atoms with E-state index in [4.69, 9.17) is 9.47 Å². The van der Waals surface area contributed by atoms with Gasteiger partial charge in [0.25, 0.3) is 0 Å². The zero-order valence-corrected chi connectivity index (χ0v) is 13.3. The molecule has 2 fully saturated rings. The molecule has 1 N–H and O–H groups in total. The highest BCUT2D eigenvalue weighted by molar-refractivity contribution is 5.84. The average Bonchev–Trinajstić information content (AvgIpc) is 2.36. The molecule has 0 aromatic carbocycles. The summed E-state index contributed by atoms with van der Waals surface area (Å²) in [6, 6.07) is 0. The fraction of sp³-hybridized carbons (Fsp3) is 0.938. The van der Waals surface area contributed by atoms with E-state index in [0.29, 0.717) is 6.42 Å². The molecule has 0 aromatic rings. The van der Waals surface area contributed by atoms with Crippen LogP contribution >= 0.6 is 0 Å². The van der Waals surface area contributed by atoms with Crippen LogP contribution in [0.2, 0.25) is 0 Å². The maximum atomic E-state index is 12.6. The zero-order chi connectivity index (χ0) is 15.1. The van der Waals surface area contributed by atoms with Crippen molar-refractivity contribution in [2.75, 3.05) is 7.11 Å². The Hall–Kier alpha value is -0.450. The summed E-state index contributed by atoms with van der Waals surface area (Å²) in [5, 5.41) is 10.3. The van der Waals surface area contributed by atoms with Gasteiger partial charge in [0.1, 0.15) is 5.78 Å². The molecule has 0 radical (unpaired) electrons. The third-order valence-electron chi connectivity index (χ3n) is 4.88. The van der Waals surface area contributed by atoms with Gasteiger partial charge in [0.2, 0.25) is 0 Å². The lowest BCUT2D eigenvalue weighted by Crippen LogP contribution is -2.58. The third-order valence-corrected chi connectivity index (χ3v) is 4.88. The highest BCUT2D eigenvalue weighted by Crippen LogP contribution is 2.44. The summed E-state index contributed by atoms with van der Waals surface area (Å²) < 4.78 is 11.7. The molecule has 1 aliphatic carbocycles. The van der Waals surface area contributed by atoms with Crippen LogP contribution in [-0.2, 0) is 14.3 Å². The maximum Gasteiger partial charge on any atom is 0.143 e. The molecule has 5 unspecified atom stereocenters. The molecule has 2 rings (SSSR count). The highest BCUT2D eigenvalue weighted by Gasteiger charge is 2.52. The molecular formula is C16H28O4. The largest absolute Gasteiger partial charge is 0.393 e. The molecule has 5 atom stereocenters. The normalized spacial score (nSPS) is 40.5. The van der Waals surface area contributed by atoms with E-state index in [1.54, 1.807) is 7.11 Å². The number of hydrogen-bond acceptors (Lipinski definition) is 4. The van der Waals surface area contributed by atoms with Gasteiger partial charge in [0.05, 0.1) is 29.8 Å². The van der Waals surface area contributed by atoms with Gasteiger partial charge in [-0.05, 0) is 26.7 Å². The molecular weight excluding hydrogens is 256 g/mol. The summed E-state index contributed by atoms with van der Waals surface area (Å²) in [5.74, 6) is -0.0475. The van der Waals surface area contributed by atoms with E-state index >= 15 is 0 Å². The van der Waals surface area contributed by atoms with Crippen molar-refractivity contribution in [2.45, 2.75) is 70.9 Å². The van der Waals surface area contributed by atoms with Gasteiger partial charge < -0.3 is 14.6 Å². The number of rotatable bonds is 3. The lowest BCUT2D eigenvalue weighted by Gasteiger charge is -2.51. The van der Waals surface area contributed by atoms with E-state index in [1.165, 1.54) is 0 Å². The van der Waals surface area contributed by atoms with Gasteiger partial charge in [-0.3, -0.25) is 4.79 Å². The molecule has 20 heavy (non-hydrogen) atoms. The van der Waals surface area contributed by atoms with E-state index in [0.717, 1.165) is 12.8 Å². The Morgan fingerprint density at radius 3 is 2.60 bits per heavy atom. The SMILES string of the molecule is COC1CC(O)C2CCC(C)(C)OC2C1C(=O)C(C)C. The summed E-state index contributed by atoms with van der Waals surface area (Å²) in [6.45, 7) is 7.96. The van der Waals surface area contributed by atoms with E-state index in [-0.39, 0.29) is 41.3 Å².